The summed E-state index contributed by atoms with van der Waals surface area (Å²) in [5, 5.41) is 7.43. The average Bonchev–Trinajstić information content (AvgIpc) is 2.34. The predicted molar refractivity (Wildman–Crippen MR) is 78.3 cm³/mol. The van der Waals surface area contributed by atoms with E-state index in [1.807, 2.05) is 0 Å². The maximum atomic E-state index is 13.8. The molecule has 6 nitrogen and oxygen atoms in total. The lowest BCUT2D eigenvalue weighted by Crippen LogP contribution is -2.34. The summed E-state index contributed by atoms with van der Waals surface area (Å²) in [5.41, 5.74) is -0.271. The third kappa shape index (κ3) is 5.52. The van der Waals surface area contributed by atoms with E-state index >= 15 is 0 Å². The van der Waals surface area contributed by atoms with Crippen LogP contribution in [0, 0.1) is 5.82 Å². The van der Waals surface area contributed by atoms with Gasteiger partial charge >= 0.3 is 0 Å². The predicted octanol–water partition coefficient (Wildman–Crippen LogP) is 0.360. The molecule has 1 aromatic carbocycles. The summed E-state index contributed by atoms with van der Waals surface area (Å²) in [5.74, 6) is -1.21. The van der Waals surface area contributed by atoms with E-state index in [-0.39, 0.29) is 11.6 Å². The maximum absolute atomic E-state index is 13.8. The Morgan fingerprint density at radius 2 is 2.10 bits per heavy atom. The molecule has 118 valence electrons. The van der Waals surface area contributed by atoms with Gasteiger partial charge in [0.2, 0.25) is 10.0 Å². The first-order chi connectivity index (χ1) is 9.61. The number of amides is 1. The van der Waals surface area contributed by atoms with Gasteiger partial charge in [-0.3, -0.25) is 9.00 Å². The monoisotopic (exact) mass is 336 g/mol. The molecule has 2 atom stereocenters. The maximum Gasteiger partial charge on any atom is 0.254 e. The van der Waals surface area contributed by atoms with Crippen molar-refractivity contribution in [1.29, 1.82) is 0 Å². The molecule has 0 heterocycles. The van der Waals surface area contributed by atoms with Crippen molar-refractivity contribution in [2.75, 3.05) is 12.0 Å². The van der Waals surface area contributed by atoms with E-state index in [0.29, 0.717) is 18.2 Å². The van der Waals surface area contributed by atoms with Crippen molar-refractivity contribution in [1.82, 2.24) is 5.32 Å². The van der Waals surface area contributed by atoms with Gasteiger partial charge in [-0.25, -0.2) is 17.9 Å². The number of nitrogens with one attached hydrogen (secondary N) is 1. The highest BCUT2D eigenvalue weighted by Gasteiger charge is 2.17. The minimum atomic E-state index is -4.01. The Bertz CT molecular complexity index is 661. The first kappa shape index (κ1) is 17.7. The number of carbonyl (C=O) groups excluding carboxylic acids is 1. The fraction of sp³-hybridized carbons (Fsp3) is 0.417. The van der Waals surface area contributed by atoms with Crippen molar-refractivity contribution in [2.45, 2.75) is 24.3 Å². The van der Waals surface area contributed by atoms with E-state index in [9.17, 15) is 21.8 Å². The van der Waals surface area contributed by atoms with Crippen LogP contribution in [0.2, 0.25) is 0 Å². The summed E-state index contributed by atoms with van der Waals surface area (Å²) >= 11 is 0. The summed E-state index contributed by atoms with van der Waals surface area (Å²) in [4.78, 5) is 11.5. The highest BCUT2D eigenvalue weighted by atomic mass is 32.2. The molecular formula is C12H17FN2O4S2. The molecule has 0 aliphatic heterocycles. The van der Waals surface area contributed by atoms with E-state index in [0.717, 1.165) is 12.1 Å². The van der Waals surface area contributed by atoms with Crippen LogP contribution in [0.3, 0.4) is 0 Å². The van der Waals surface area contributed by atoms with Crippen LogP contribution in [0.4, 0.5) is 4.39 Å². The largest absolute Gasteiger partial charge is 0.349 e. The minimum absolute atomic E-state index is 0.271. The number of halogens is 1. The molecule has 0 saturated heterocycles. The number of hydrogen-bond donors (Lipinski definition) is 2. The SMILES string of the molecule is CC(CCS(C)=O)NC(=O)c1ccc(S(N)(=O)=O)cc1F. The topological polar surface area (TPSA) is 106 Å². The number of primary sulfonamides is 1. The molecule has 1 amide bonds. The smallest absolute Gasteiger partial charge is 0.254 e. The van der Waals surface area contributed by atoms with Gasteiger partial charge in [0, 0.05) is 28.9 Å². The molecule has 1 rings (SSSR count). The Morgan fingerprint density at radius 1 is 1.48 bits per heavy atom. The second-order valence-corrected chi connectivity index (χ2v) is 7.74. The van der Waals surface area contributed by atoms with Gasteiger partial charge in [0.25, 0.3) is 5.91 Å². The lowest BCUT2D eigenvalue weighted by molar-refractivity contribution is 0.0935. The lowest BCUT2D eigenvalue weighted by atomic mass is 10.1. The summed E-state index contributed by atoms with van der Waals surface area (Å²) < 4.78 is 46.9. The van der Waals surface area contributed by atoms with Crippen LogP contribution in [0.5, 0.6) is 0 Å². The fourth-order valence-electron chi connectivity index (χ4n) is 1.57. The Kier molecular flexibility index (Phi) is 5.99. The number of benzene rings is 1. The molecule has 0 aromatic heterocycles. The average molecular weight is 336 g/mol. The van der Waals surface area contributed by atoms with Crippen LogP contribution >= 0.6 is 0 Å². The molecule has 1 aromatic rings. The first-order valence-electron chi connectivity index (χ1n) is 6.04. The van der Waals surface area contributed by atoms with Crippen molar-refractivity contribution in [3.05, 3.63) is 29.6 Å². The van der Waals surface area contributed by atoms with Crippen LogP contribution in [0.25, 0.3) is 0 Å². The van der Waals surface area contributed by atoms with Crippen LogP contribution in [-0.2, 0) is 20.8 Å². The van der Waals surface area contributed by atoms with Gasteiger partial charge in [-0.15, -0.1) is 0 Å². The molecule has 9 heteroatoms. The Labute approximate surface area is 125 Å². The highest BCUT2D eigenvalue weighted by molar-refractivity contribution is 7.89. The van der Waals surface area contributed by atoms with E-state index in [2.05, 4.69) is 5.32 Å². The van der Waals surface area contributed by atoms with Gasteiger partial charge in [0.15, 0.2) is 0 Å². The Balaban J connectivity index is 2.82. The molecule has 0 saturated carbocycles. The van der Waals surface area contributed by atoms with Crippen LogP contribution in [-0.4, -0.2) is 36.6 Å². The van der Waals surface area contributed by atoms with E-state index in [1.165, 1.54) is 0 Å². The Morgan fingerprint density at radius 3 is 2.57 bits per heavy atom. The molecule has 2 unspecified atom stereocenters. The molecule has 0 aliphatic carbocycles. The van der Waals surface area contributed by atoms with Crippen molar-refractivity contribution in [3.63, 3.8) is 0 Å². The third-order valence-electron chi connectivity index (χ3n) is 2.73. The van der Waals surface area contributed by atoms with Crippen molar-refractivity contribution in [3.8, 4) is 0 Å². The first-order valence-corrected chi connectivity index (χ1v) is 9.32. The molecule has 0 radical (unpaired) electrons. The van der Waals surface area contributed by atoms with Gasteiger partial charge in [-0.05, 0) is 31.5 Å². The number of hydrogen-bond acceptors (Lipinski definition) is 4. The standard InChI is InChI=1S/C12H17FN2O4S2/c1-8(5-6-20(2)17)15-12(16)10-4-3-9(7-11(10)13)21(14,18)19/h3-4,7-8H,5-6H2,1-2H3,(H,15,16)(H2,14,18,19). The normalized spacial score (nSPS) is 14.5. The van der Waals surface area contributed by atoms with Gasteiger partial charge in [0.1, 0.15) is 5.82 Å². The number of carbonyl (C=O) groups is 1. The molecular weight excluding hydrogens is 319 g/mol. The second kappa shape index (κ2) is 7.10. The van der Waals surface area contributed by atoms with Crippen molar-refractivity contribution in [2.24, 2.45) is 5.14 Å². The Hall–Kier alpha value is -1.32. The van der Waals surface area contributed by atoms with E-state index in [1.54, 1.807) is 13.2 Å². The fourth-order valence-corrected chi connectivity index (χ4v) is 2.78. The summed E-state index contributed by atoms with van der Waals surface area (Å²) in [6.45, 7) is 1.71. The van der Waals surface area contributed by atoms with Crippen LogP contribution in [0.15, 0.2) is 23.1 Å². The van der Waals surface area contributed by atoms with E-state index in [4.69, 9.17) is 5.14 Å². The second-order valence-electron chi connectivity index (χ2n) is 4.63. The minimum Gasteiger partial charge on any atom is -0.349 e. The number of rotatable bonds is 6. The van der Waals surface area contributed by atoms with Gasteiger partial charge in [0.05, 0.1) is 10.5 Å². The van der Waals surface area contributed by atoms with Crippen LogP contribution < -0.4 is 10.5 Å². The summed E-state index contributed by atoms with van der Waals surface area (Å²) in [7, 11) is -4.98. The number of nitrogens with two attached hydrogens (primary N) is 1. The number of sulfonamides is 1. The highest BCUT2D eigenvalue weighted by Crippen LogP contribution is 2.14. The quantitative estimate of drug-likeness (QED) is 0.782. The zero-order chi connectivity index (χ0) is 16.2. The lowest BCUT2D eigenvalue weighted by Gasteiger charge is -2.13. The zero-order valence-corrected chi connectivity index (χ0v) is 13.3. The molecule has 0 spiro atoms. The zero-order valence-electron chi connectivity index (χ0n) is 11.6. The molecule has 0 aliphatic rings. The van der Waals surface area contributed by atoms with Gasteiger partial charge in [-0.2, -0.15) is 0 Å². The van der Waals surface area contributed by atoms with Gasteiger partial charge in [-0.1, -0.05) is 0 Å². The van der Waals surface area contributed by atoms with Crippen molar-refractivity contribution < 1.29 is 21.8 Å². The van der Waals surface area contributed by atoms with E-state index < -0.39 is 37.4 Å². The molecule has 3 N–H and O–H groups in total. The molecule has 0 bridgehead atoms. The van der Waals surface area contributed by atoms with Crippen LogP contribution in [0.1, 0.15) is 23.7 Å². The third-order valence-corrected chi connectivity index (χ3v) is 4.45. The molecule has 21 heavy (non-hydrogen) atoms. The summed E-state index contributed by atoms with van der Waals surface area (Å²) in [6.07, 6.45) is 2.05. The molecule has 0 fully saturated rings. The van der Waals surface area contributed by atoms with Crippen molar-refractivity contribution >= 4 is 26.7 Å². The summed E-state index contributed by atoms with van der Waals surface area (Å²) in [6, 6.07) is 2.56. The van der Waals surface area contributed by atoms with Gasteiger partial charge < -0.3 is 5.32 Å².